The van der Waals surface area contributed by atoms with Gasteiger partial charge in [0.25, 0.3) is 0 Å². The minimum absolute atomic E-state index is 0. The molecule has 6 heteroatoms. The van der Waals surface area contributed by atoms with Crippen LogP contribution < -0.4 is 0 Å². The van der Waals surface area contributed by atoms with Crippen molar-refractivity contribution in [2.24, 2.45) is 11.8 Å². The van der Waals surface area contributed by atoms with Crippen LogP contribution in [0.15, 0.2) is 0 Å². The number of ether oxygens (including phenoxy) is 2. The van der Waals surface area contributed by atoms with Gasteiger partial charge in [-0.05, 0) is 25.9 Å². The van der Waals surface area contributed by atoms with Crippen molar-refractivity contribution in [2.75, 3.05) is 39.5 Å². The number of carbonyl (C=O) groups excluding carboxylic acids is 2. The molecule has 1 fully saturated rings. The fourth-order valence-corrected chi connectivity index (χ4v) is 1.94. The average Bonchev–Trinajstić information content (AvgIpc) is 2.53. The Kier molecular flexibility index (Phi) is 16.1. The van der Waals surface area contributed by atoms with Crippen LogP contribution in [0.3, 0.4) is 0 Å². The first-order valence-corrected chi connectivity index (χ1v) is 8.55. The number of rotatable bonds is 7. The maximum atomic E-state index is 11.1. The molecular weight excluding hydrogens is 310 g/mol. The highest BCUT2D eigenvalue weighted by atomic mass is 16.5. The van der Waals surface area contributed by atoms with Crippen molar-refractivity contribution in [3.05, 3.63) is 0 Å². The van der Waals surface area contributed by atoms with Gasteiger partial charge in [0, 0.05) is 6.54 Å². The van der Waals surface area contributed by atoms with E-state index in [1.165, 1.54) is 32.4 Å². The molecule has 24 heavy (non-hydrogen) atoms. The lowest BCUT2D eigenvalue weighted by molar-refractivity contribution is -0.148. The normalized spacial score (nSPS) is 14.5. The predicted octanol–water partition coefficient (Wildman–Crippen LogP) is 2.49. The molecule has 1 rings (SSSR count). The molecule has 6 nitrogen and oxygen atoms in total. The Morgan fingerprint density at radius 3 is 1.79 bits per heavy atom. The summed E-state index contributed by atoms with van der Waals surface area (Å²) in [7, 11) is 0. The fraction of sp³-hybridized carbons (Fsp3) is 0.889. The fourth-order valence-electron chi connectivity index (χ4n) is 1.94. The van der Waals surface area contributed by atoms with Gasteiger partial charge in [-0.2, -0.15) is 0 Å². The Balaban J connectivity index is 0. The Morgan fingerprint density at radius 2 is 1.38 bits per heavy atom. The third-order valence-corrected chi connectivity index (χ3v) is 3.38. The first kappa shape index (κ1) is 25.1. The van der Waals surface area contributed by atoms with Crippen molar-refractivity contribution < 1.29 is 24.2 Å². The molecule has 144 valence electrons. The van der Waals surface area contributed by atoms with Crippen LogP contribution >= 0.6 is 0 Å². The Hall–Kier alpha value is -1.14. The van der Waals surface area contributed by atoms with Gasteiger partial charge in [0.1, 0.15) is 13.2 Å². The molecule has 0 bridgehead atoms. The highest BCUT2D eigenvalue weighted by Gasteiger charge is 2.12. The van der Waals surface area contributed by atoms with E-state index in [9.17, 15) is 9.59 Å². The van der Waals surface area contributed by atoms with E-state index >= 15 is 0 Å². The second-order valence-corrected chi connectivity index (χ2v) is 6.27. The van der Waals surface area contributed by atoms with E-state index < -0.39 is 0 Å². The molecular formula is C18H37NO5. The quantitative estimate of drug-likeness (QED) is 0.713. The van der Waals surface area contributed by atoms with Crippen LogP contribution in [0.25, 0.3) is 0 Å². The van der Waals surface area contributed by atoms with Gasteiger partial charge < -0.3 is 14.6 Å². The number of likely N-dealkylation sites (tertiary alicyclic amines) is 1. The number of nitrogens with zero attached hydrogens (tertiary/aromatic N) is 1. The van der Waals surface area contributed by atoms with Crippen LogP contribution in [0.4, 0.5) is 0 Å². The number of esters is 2. The Morgan fingerprint density at radius 1 is 0.917 bits per heavy atom. The van der Waals surface area contributed by atoms with Gasteiger partial charge in [-0.15, -0.1) is 0 Å². The SMILES string of the molecule is C.CC(C)C(=O)OCCN1CCCCC1.CC(C)C(=O)OCCO. The van der Waals surface area contributed by atoms with Gasteiger partial charge in [0.2, 0.25) is 0 Å². The zero-order chi connectivity index (χ0) is 17.7. The highest BCUT2D eigenvalue weighted by Crippen LogP contribution is 2.07. The molecule has 0 saturated carbocycles. The van der Waals surface area contributed by atoms with Crippen molar-refractivity contribution in [3.63, 3.8) is 0 Å². The van der Waals surface area contributed by atoms with Gasteiger partial charge in [-0.3, -0.25) is 14.5 Å². The highest BCUT2D eigenvalue weighted by molar-refractivity contribution is 5.71. The second kappa shape index (κ2) is 15.4. The number of aliphatic hydroxyl groups is 1. The average molecular weight is 347 g/mol. The molecule has 0 aliphatic carbocycles. The molecule has 1 saturated heterocycles. The zero-order valence-corrected chi connectivity index (χ0v) is 15.0. The topological polar surface area (TPSA) is 76.1 Å². The zero-order valence-electron chi connectivity index (χ0n) is 15.0. The van der Waals surface area contributed by atoms with Crippen molar-refractivity contribution in [1.82, 2.24) is 4.90 Å². The van der Waals surface area contributed by atoms with Gasteiger partial charge in [-0.1, -0.05) is 41.5 Å². The van der Waals surface area contributed by atoms with Crippen molar-refractivity contribution in [2.45, 2.75) is 54.4 Å². The smallest absolute Gasteiger partial charge is 0.308 e. The summed E-state index contributed by atoms with van der Waals surface area (Å²) in [6.07, 6.45) is 3.93. The maximum Gasteiger partial charge on any atom is 0.308 e. The molecule has 1 heterocycles. The van der Waals surface area contributed by atoms with E-state index in [4.69, 9.17) is 9.84 Å². The summed E-state index contributed by atoms with van der Waals surface area (Å²) in [5.41, 5.74) is 0. The predicted molar refractivity (Wildman–Crippen MR) is 95.7 cm³/mol. The molecule has 1 N–H and O–H groups in total. The summed E-state index contributed by atoms with van der Waals surface area (Å²) >= 11 is 0. The first-order valence-electron chi connectivity index (χ1n) is 8.55. The van der Waals surface area contributed by atoms with Crippen LogP contribution in [0.5, 0.6) is 0 Å². The number of aliphatic hydroxyl groups excluding tert-OH is 1. The summed E-state index contributed by atoms with van der Waals surface area (Å²) in [5, 5.41) is 8.22. The monoisotopic (exact) mass is 347 g/mol. The molecule has 0 radical (unpaired) electrons. The number of piperidine rings is 1. The molecule has 0 atom stereocenters. The molecule has 1 aliphatic rings. The summed E-state index contributed by atoms with van der Waals surface area (Å²) in [4.78, 5) is 24.1. The van der Waals surface area contributed by atoms with E-state index in [1.54, 1.807) is 13.8 Å². The van der Waals surface area contributed by atoms with E-state index in [-0.39, 0.29) is 44.4 Å². The third kappa shape index (κ3) is 13.3. The van der Waals surface area contributed by atoms with E-state index in [1.807, 2.05) is 13.8 Å². The molecule has 0 aromatic heterocycles. The maximum absolute atomic E-state index is 11.1. The third-order valence-electron chi connectivity index (χ3n) is 3.38. The number of carbonyl (C=O) groups is 2. The number of hydrogen-bond acceptors (Lipinski definition) is 6. The van der Waals surface area contributed by atoms with E-state index in [2.05, 4.69) is 9.64 Å². The first-order chi connectivity index (χ1) is 10.9. The minimum Gasteiger partial charge on any atom is -0.464 e. The summed E-state index contributed by atoms with van der Waals surface area (Å²) in [5.74, 6) is -0.445. The minimum atomic E-state index is -0.260. The largest absolute Gasteiger partial charge is 0.464 e. The van der Waals surface area contributed by atoms with Gasteiger partial charge in [0.05, 0.1) is 18.4 Å². The van der Waals surface area contributed by atoms with Crippen molar-refractivity contribution in [3.8, 4) is 0 Å². The van der Waals surface area contributed by atoms with Crippen LogP contribution in [-0.2, 0) is 19.1 Å². The number of hydrogen-bond donors (Lipinski definition) is 1. The van der Waals surface area contributed by atoms with Gasteiger partial charge in [-0.25, -0.2) is 0 Å². The summed E-state index contributed by atoms with van der Waals surface area (Å²) < 4.78 is 9.69. The van der Waals surface area contributed by atoms with Crippen molar-refractivity contribution >= 4 is 11.9 Å². The lowest BCUT2D eigenvalue weighted by Crippen LogP contribution is -2.33. The molecule has 0 amide bonds. The standard InChI is InChI=1S/C11H21NO2.C6H12O3.CH4/c1-10(2)11(13)14-9-8-12-6-4-3-5-7-12;1-5(2)6(8)9-4-3-7;/h10H,3-9H2,1-2H3;5,7H,3-4H2,1-2H3;1H4. The Bertz CT molecular complexity index is 325. The van der Waals surface area contributed by atoms with E-state index in [0.717, 1.165) is 6.54 Å². The lowest BCUT2D eigenvalue weighted by Gasteiger charge is -2.26. The lowest BCUT2D eigenvalue weighted by atomic mass is 10.1. The van der Waals surface area contributed by atoms with Crippen LogP contribution in [0, 0.1) is 11.8 Å². The molecule has 0 unspecified atom stereocenters. The van der Waals surface area contributed by atoms with Crippen molar-refractivity contribution in [1.29, 1.82) is 0 Å². The molecule has 0 aromatic rings. The summed E-state index contributed by atoms with van der Waals surface area (Å²) in [6, 6.07) is 0. The Labute approximate surface area is 147 Å². The van der Waals surface area contributed by atoms with Crippen LogP contribution in [-0.4, -0.2) is 61.4 Å². The van der Waals surface area contributed by atoms with Crippen LogP contribution in [0.1, 0.15) is 54.4 Å². The molecule has 0 spiro atoms. The second-order valence-electron chi connectivity index (χ2n) is 6.27. The molecule has 0 aromatic carbocycles. The van der Waals surface area contributed by atoms with Gasteiger partial charge >= 0.3 is 11.9 Å². The molecule has 1 aliphatic heterocycles. The summed E-state index contributed by atoms with van der Waals surface area (Å²) in [6.45, 7) is 11.0. The van der Waals surface area contributed by atoms with Gasteiger partial charge in [0.15, 0.2) is 0 Å². The van der Waals surface area contributed by atoms with Crippen LogP contribution in [0.2, 0.25) is 0 Å². The van der Waals surface area contributed by atoms with E-state index in [0.29, 0.717) is 6.61 Å².